The van der Waals surface area contributed by atoms with Crippen LogP contribution in [0.1, 0.15) is 11.4 Å². The summed E-state index contributed by atoms with van der Waals surface area (Å²) in [5.74, 6) is 0.649. The summed E-state index contributed by atoms with van der Waals surface area (Å²) in [6.07, 6.45) is 0. The topological polar surface area (TPSA) is 75.2 Å². The van der Waals surface area contributed by atoms with Crippen LogP contribution in [0, 0.1) is 13.8 Å². The zero-order valence-electron chi connectivity index (χ0n) is 14.1. The summed E-state index contributed by atoms with van der Waals surface area (Å²) in [7, 11) is 3.19. The molecule has 2 heterocycles. The van der Waals surface area contributed by atoms with Gasteiger partial charge in [0.15, 0.2) is 11.5 Å². The van der Waals surface area contributed by atoms with Crippen molar-refractivity contribution in [2.24, 2.45) is 7.05 Å². The van der Waals surface area contributed by atoms with E-state index >= 15 is 0 Å². The molecule has 0 atom stereocenters. The van der Waals surface area contributed by atoms with Crippen molar-refractivity contribution in [2.45, 2.75) is 20.5 Å². The molecule has 0 spiro atoms. The molecule has 9 heteroatoms. The van der Waals surface area contributed by atoms with Crippen LogP contribution in [0.3, 0.4) is 0 Å². The largest absolute Gasteiger partial charge is 0.493 e. The Hall–Kier alpha value is -2.97. The average molecular weight is 350 g/mol. The Kier molecular flexibility index (Phi) is 4.39. The van der Waals surface area contributed by atoms with Crippen LogP contribution in [0.4, 0.5) is 8.78 Å². The van der Waals surface area contributed by atoms with Crippen molar-refractivity contribution in [2.75, 3.05) is 7.11 Å². The van der Waals surface area contributed by atoms with Crippen LogP contribution in [0.5, 0.6) is 11.5 Å². The van der Waals surface area contributed by atoms with E-state index in [9.17, 15) is 8.78 Å². The number of halogens is 2. The summed E-state index contributed by atoms with van der Waals surface area (Å²) in [6.45, 7) is 0.816. The monoisotopic (exact) mass is 350 g/mol. The van der Waals surface area contributed by atoms with Crippen molar-refractivity contribution in [3.63, 3.8) is 0 Å². The Bertz CT molecular complexity index is 905. The summed E-state index contributed by atoms with van der Waals surface area (Å²) < 4.78 is 41.7. The molecule has 0 aliphatic heterocycles. The second-order valence-electron chi connectivity index (χ2n) is 5.33. The molecule has 0 aliphatic rings. The number of aromatic nitrogens is 4. The molecular weight excluding hydrogens is 334 g/mol. The highest BCUT2D eigenvalue weighted by Gasteiger charge is 2.19. The summed E-state index contributed by atoms with van der Waals surface area (Å²) >= 11 is 0. The lowest BCUT2D eigenvalue weighted by Gasteiger charge is -2.10. The molecule has 0 radical (unpaired) electrons. The Morgan fingerprint density at radius 2 is 1.84 bits per heavy atom. The van der Waals surface area contributed by atoms with Gasteiger partial charge in [0.05, 0.1) is 18.4 Å². The van der Waals surface area contributed by atoms with Gasteiger partial charge < -0.3 is 13.9 Å². The summed E-state index contributed by atoms with van der Waals surface area (Å²) in [6, 6.07) is 4.41. The zero-order chi connectivity index (χ0) is 18.1. The molecule has 0 amide bonds. The van der Waals surface area contributed by atoms with Gasteiger partial charge in [-0.1, -0.05) is 0 Å². The molecule has 0 aliphatic carbocycles. The van der Waals surface area contributed by atoms with Crippen molar-refractivity contribution < 1.29 is 22.7 Å². The maximum Gasteiger partial charge on any atom is 0.387 e. The lowest BCUT2D eigenvalue weighted by atomic mass is 10.2. The second kappa shape index (κ2) is 6.50. The van der Waals surface area contributed by atoms with E-state index in [1.54, 1.807) is 10.7 Å². The fourth-order valence-electron chi connectivity index (χ4n) is 2.52. The minimum Gasteiger partial charge on any atom is -0.493 e. The quantitative estimate of drug-likeness (QED) is 0.702. The number of benzene rings is 1. The molecule has 7 nitrogen and oxygen atoms in total. The predicted octanol–water partition coefficient (Wildman–Crippen LogP) is 3.36. The third-order valence-electron chi connectivity index (χ3n) is 3.77. The van der Waals surface area contributed by atoms with Crippen molar-refractivity contribution in [3.8, 4) is 34.4 Å². The molecule has 3 rings (SSSR count). The Morgan fingerprint density at radius 1 is 1.12 bits per heavy atom. The number of alkyl halides is 2. The minimum absolute atomic E-state index is 0.0695. The smallest absolute Gasteiger partial charge is 0.387 e. The average Bonchev–Trinajstić information content (AvgIpc) is 3.12. The fourth-order valence-corrected chi connectivity index (χ4v) is 2.52. The molecule has 1 aromatic carbocycles. The minimum atomic E-state index is -2.94. The molecule has 2 aromatic heterocycles. The Morgan fingerprint density at radius 3 is 2.44 bits per heavy atom. The molecule has 0 N–H and O–H groups in total. The Balaban J connectivity index is 1.97. The molecule has 25 heavy (non-hydrogen) atoms. The summed E-state index contributed by atoms with van der Waals surface area (Å²) in [5, 5.41) is 12.4. The summed E-state index contributed by atoms with van der Waals surface area (Å²) in [4.78, 5) is 0. The van der Waals surface area contributed by atoms with Crippen LogP contribution in [0.2, 0.25) is 0 Å². The zero-order valence-corrected chi connectivity index (χ0v) is 14.1. The number of ether oxygens (including phenoxy) is 2. The van der Waals surface area contributed by atoms with Gasteiger partial charge in [-0.25, -0.2) is 0 Å². The molecule has 0 saturated carbocycles. The van der Waals surface area contributed by atoms with Gasteiger partial charge in [0.25, 0.3) is 5.89 Å². The third kappa shape index (κ3) is 3.17. The van der Waals surface area contributed by atoms with Crippen LogP contribution in [0.25, 0.3) is 22.9 Å². The molecule has 0 bridgehead atoms. The molecule has 3 aromatic rings. The lowest BCUT2D eigenvalue weighted by molar-refractivity contribution is -0.0512. The van der Waals surface area contributed by atoms with Gasteiger partial charge in [-0.15, -0.1) is 10.2 Å². The highest BCUT2D eigenvalue weighted by atomic mass is 19.3. The van der Waals surface area contributed by atoms with Crippen molar-refractivity contribution in [1.29, 1.82) is 0 Å². The van der Waals surface area contributed by atoms with Gasteiger partial charge in [-0.05, 0) is 32.0 Å². The normalized spacial score (nSPS) is 11.2. The predicted molar refractivity (Wildman–Crippen MR) is 84.6 cm³/mol. The molecule has 132 valence electrons. The first-order valence-corrected chi connectivity index (χ1v) is 7.38. The van der Waals surface area contributed by atoms with Gasteiger partial charge in [0.1, 0.15) is 0 Å². The summed E-state index contributed by atoms with van der Waals surface area (Å²) in [5.41, 5.74) is 2.96. The van der Waals surface area contributed by atoms with Gasteiger partial charge >= 0.3 is 6.61 Å². The van der Waals surface area contributed by atoms with E-state index in [2.05, 4.69) is 20.0 Å². The van der Waals surface area contributed by atoms with E-state index in [0.29, 0.717) is 11.5 Å². The molecule has 0 fully saturated rings. The molecule has 0 unspecified atom stereocenters. The van der Waals surface area contributed by atoms with Crippen molar-refractivity contribution in [1.82, 2.24) is 20.0 Å². The van der Waals surface area contributed by atoms with E-state index in [4.69, 9.17) is 9.15 Å². The maximum absolute atomic E-state index is 12.4. The van der Waals surface area contributed by atoms with Gasteiger partial charge in [-0.3, -0.25) is 4.68 Å². The highest BCUT2D eigenvalue weighted by molar-refractivity contribution is 5.64. The number of nitrogens with zero attached hydrogens (tertiary/aromatic N) is 4. The van der Waals surface area contributed by atoms with Crippen LogP contribution in [0.15, 0.2) is 22.6 Å². The van der Waals surface area contributed by atoms with Crippen LogP contribution in [-0.2, 0) is 7.05 Å². The van der Waals surface area contributed by atoms with Gasteiger partial charge in [0, 0.05) is 18.3 Å². The van der Waals surface area contributed by atoms with Gasteiger partial charge in [-0.2, -0.15) is 13.9 Å². The fraction of sp³-hybridized carbons (Fsp3) is 0.312. The van der Waals surface area contributed by atoms with E-state index < -0.39 is 6.61 Å². The van der Waals surface area contributed by atoms with E-state index in [1.807, 2.05) is 20.9 Å². The highest BCUT2D eigenvalue weighted by Crippen LogP contribution is 2.34. The molecule has 0 saturated heterocycles. The van der Waals surface area contributed by atoms with E-state index in [1.165, 1.54) is 19.2 Å². The lowest BCUT2D eigenvalue weighted by Crippen LogP contribution is -2.03. The van der Waals surface area contributed by atoms with Crippen molar-refractivity contribution >= 4 is 0 Å². The first kappa shape index (κ1) is 16.9. The number of hydrogen-bond donors (Lipinski definition) is 0. The van der Waals surface area contributed by atoms with Crippen LogP contribution >= 0.6 is 0 Å². The molecular formula is C16H16F2N4O3. The number of methoxy groups -OCH3 is 1. The van der Waals surface area contributed by atoms with Crippen LogP contribution in [-0.4, -0.2) is 33.7 Å². The van der Waals surface area contributed by atoms with Crippen LogP contribution < -0.4 is 9.47 Å². The first-order valence-electron chi connectivity index (χ1n) is 7.38. The van der Waals surface area contributed by atoms with Crippen molar-refractivity contribution in [3.05, 3.63) is 29.6 Å². The SMILES string of the molecule is COc1cc(-c2nnc(-c3c(C)nn(C)c3C)o2)ccc1OC(F)F. The standard InChI is InChI=1S/C16H16F2N4O3/c1-8-13(9(2)22(3)21-8)15-20-19-14(25-15)10-5-6-11(24-16(17)18)12(7-10)23-4/h5-7,16H,1-4H3. The van der Waals surface area contributed by atoms with Gasteiger partial charge in [0.2, 0.25) is 5.89 Å². The second-order valence-corrected chi connectivity index (χ2v) is 5.33. The third-order valence-corrected chi connectivity index (χ3v) is 3.77. The first-order chi connectivity index (χ1) is 11.9. The number of rotatable bonds is 5. The Labute approximate surface area is 142 Å². The van der Waals surface area contributed by atoms with E-state index in [0.717, 1.165) is 17.0 Å². The number of hydrogen-bond acceptors (Lipinski definition) is 6. The maximum atomic E-state index is 12.4. The number of aryl methyl sites for hydroxylation is 2. The van der Waals surface area contributed by atoms with E-state index in [-0.39, 0.29) is 17.4 Å².